The minimum absolute atomic E-state index is 0.128. The summed E-state index contributed by atoms with van der Waals surface area (Å²) in [6.07, 6.45) is 4.07. The molecule has 0 aromatic heterocycles. The molecule has 1 aromatic carbocycles. The number of carboxylic acid groups (broad SMARTS) is 1. The van der Waals surface area contributed by atoms with Crippen molar-refractivity contribution in [1.29, 1.82) is 0 Å². The van der Waals surface area contributed by atoms with Gasteiger partial charge in [0.25, 0.3) is 11.8 Å². The third kappa shape index (κ3) is 4.34. The number of aliphatic carboxylic acids is 1. The van der Waals surface area contributed by atoms with Crippen LogP contribution in [0.25, 0.3) is 0 Å². The molecule has 24 heavy (non-hydrogen) atoms. The van der Waals surface area contributed by atoms with Crippen LogP contribution >= 0.6 is 0 Å². The molecule has 2 amide bonds. The number of hydrogen-bond acceptors (Lipinski definition) is 3. The topological polar surface area (TPSA) is 86.7 Å². The number of carbonyl (C=O) groups excluding carboxylic acids is 2. The summed E-state index contributed by atoms with van der Waals surface area (Å²) in [6.45, 7) is 0. The van der Waals surface area contributed by atoms with Crippen LogP contribution in [-0.2, 0) is 4.79 Å². The molecular weight excluding hydrogens is 308 g/mol. The van der Waals surface area contributed by atoms with Crippen molar-refractivity contribution < 1.29 is 19.5 Å². The van der Waals surface area contributed by atoms with Gasteiger partial charge in [-0.25, -0.2) is 0 Å². The van der Waals surface area contributed by atoms with E-state index in [1.54, 1.807) is 38.4 Å². The Balaban J connectivity index is 2.07. The van der Waals surface area contributed by atoms with Gasteiger partial charge in [-0.1, -0.05) is 19.3 Å². The summed E-state index contributed by atoms with van der Waals surface area (Å²) in [6, 6.07) is 6.07. The second-order valence-corrected chi connectivity index (χ2v) is 6.44. The maximum atomic E-state index is 12.4. The SMILES string of the molecule is CN(C)C(=O)c1ccc(C(=O)N[C@H]2CCCCC[C@H]2C(=O)O)cc1. The van der Waals surface area contributed by atoms with Gasteiger partial charge >= 0.3 is 5.97 Å². The molecule has 0 spiro atoms. The zero-order valence-corrected chi connectivity index (χ0v) is 14.1. The van der Waals surface area contributed by atoms with Gasteiger partial charge in [-0.15, -0.1) is 0 Å². The molecule has 0 saturated heterocycles. The van der Waals surface area contributed by atoms with Gasteiger partial charge in [0.1, 0.15) is 0 Å². The maximum absolute atomic E-state index is 12.4. The van der Waals surface area contributed by atoms with Crippen LogP contribution in [0.3, 0.4) is 0 Å². The molecule has 0 bridgehead atoms. The van der Waals surface area contributed by atoms with Crippen LogP contribution in [0.15, 0.2) is 24.3 Å². The van der Waals surface area contributed by atoms with Crippen molar-refractivity contribution in [3.8, 4) is 0 Å². The second-order valence-electron chi connectivity index (χ2n) is 6.44. The monoisotopic (exact) mass is 332 g/mol. The first-order valence-electron chi connectivity index (χ1n) is 8.25. The Morgan fingerprint density at radius 3 is 2.17 bits per heavy atom. The molecule has 0 unspecified atom stereocenters. The Morgan fingerprint density at radius 1 is 1.00 bits per heavy atom. The van der Waals surface area contributed by atoms with Crippen LogP contribution in [-0.4, -0.2) is 47.9 Å². The average Bonchev–Trinajstić information content (AvgIpc) is 2.79. The van der Waals surface area contributed by atoms with Crippen molar-refractivity contribution in [2.45, 2.75) is 38.1 Å². The van der Waals surface area contributed by atoms with E-state index in [0.29, 0.717) is 24.0 Å². The molecule has 2 N–H and O–H groups in total. The molecular formula is C18H24N2O4. The van der Waals surface area contributed by atoms with E-state index in [9.17, 15) is 19.5 Å². The number of amides is 2. The molecule has 0 heterocycles. The normalized spacial score (nSPS) is 20.8. The van der Waals surface area contributed by atoms with Gasteiger partial charge in [-0.2, -0.15) is 0 Å². The predicted octanol–water partition coefficient (Wildman–Crippen LogP) is 2.15. The number of rotatable bonds is 4. The summed E-state index contributed by atoms with van der Waals surface area (Å²) in [5, 5.41) is 12.2. The second kappa shape index (κ2) is 7.95. The van der Waals surface area contributed by atoms with E-state index >= 15 is 0 Å². The highest BCUT2D eigenvalue weighted by Gasteiger charge is 2.30. The van der Waals surface area contributed by atoms with E-state index in [2.05, 4.69) is 5.32 Å². The fourth-order valence-corrected chi connectivity index (χ4v) is 3.05. The first kappa shape index (κ1) is 18.0. The molecule has 1 aliphatic carbocycles. The average molecular weight is 332 g/mol. The van der Waals surface area contributed by atoms with E-state index in [4.69, 9.17) is 0 Å². The smallest absolute Gasteiger partial charge is 0.308 e. The lowest BCUT2D eigenvalue weighted by molar-refractivity contribution is -0.142. The van der Waals surface area contributed by atoms with Crippen molar-refractivity contribution in [3.63, 3.8) is 0 Å². The lowest BCUT2D eigenvalue weighted by atomic mass is 9.94. The minimum Gasteiger partial charge on any atom is -0.481 e. The van der Waals surface area contributed by atoms with Crippen molar-refractivity contribution >= 4 is 17.8 Å². The van der Waals surface area contributed by atoms with Crippen molar-refractivity contribution in [2.75, 3.05) is 14.1 Å². The Morgan fingerprint density at radius 2 is 1.58 bits per heavy atom. The standard InChI is InChI=1S/C18H24N2O4/c1-20(2)17(22)13-10-8-12(9-11-13)16(21)19-15-7-5-3-4-6-14(15)18(23)24/h8-11,14-15H,3-7H2,1-2H3,(H,19,21)(H,23,24)/t14-,15+/m1/s1. The third-order valence-electron chi connectivity index (χ3n) is 4.45. The zero-order chi connectivity index (χ0) is 17.7. The molecule has 0 radical (unpaired) electrons. The molecule has 2 atom stereocenters. The molecule has 1 aromatic rings. The number of nitrogens with zero attached hydrogens (tertiary/aromatic N) is 1. The summed E-state index contributed by atoms with van der Waals surface area (Å²) >= 11 is 0. The summed E-state index contributed by atoms with van der Waals surface area (Å²) in [7, 11) is 3.34. The number of hydrogen-bond donors (Lipinski definition) is 2. The summed E-state index contributed by atoms with van der Waals surface area (Å²) in [5.74, 6) is -1.81. The molecule has 1 saturated carbocycles. The lowest BCUT2D eigenvalue weighted by Crippen LogP contribution is -2.42. The lowest BCUT2D eigenvalue weighted by Gasteiger charge is -2.23. The highest BCUT2D eigenvalue weighted by molar-refractivity contribution is 5.97. The van der Waals surface area contributed by atoms with E-state index in [1.165, 1.54) is 4.90 Å². The van der Waals surface area contributed by atoms with E-state index in [0.717, 1.165) is 19.3 Å². The van der Waals surface area contributed by atoms with Crippen LogP contribution in [0.4, 0.5) is 0 Å². The van der Waals surface area contributed by atoms with Gasteiger partial charge in [0.15, 0.2) is 0 Å². The quantitative estimate of drug-likeness (QED) is 0.827. The molecule has 130 valence electrons. The van der Waals surface area contributed by atoms with Gasteiger partial charge in [-0.05, 0) is 37.1 Å². The Bertz CT molecular complexity index is 610. The fraction of sp³-hybridized carbons (Fsp3) is 0.500. The summed E-state index contributed by atoms with van der Waals surface area (Å²) in [4.78, 5) is 37.2. The highest BCUT2D eigenvalue weighted by atomic mass is 16.4. The van der Waals surface area contributed by atoms with Crippen LogP contribution in [0.2, 0.25) is 0 Å². The van der Waals surface area contributed by atoms with Gasteiger partial charge in [-0.3, -0.25) is 14.4 Å². The summed E-state index contributed by atoms with van der Waals surface area (Å²) < 4.78 is 0. The van der Waals surface area contributed by atoms with E-state index in [1.807, 2.05) is 0 Å². The third-order valence-corrected chi connectivity index (χ3v) is 4.45. The Labute approximate surface area is 141 Å². The molecule has 1 aliphatic rings. The first-order chi connectivity index (χ1) is 11.4. The predicted molar refractivity (Wildman–Crippen MR) is 89.9 cm³/mol. The minimum atomic E-state index is -0.853. The molecule has 2 rings (SSSR count). The van der Waals surface area contributed by atoms with Gasteiger partial charge in [0.05, 0.1) is 5.92 Å². The van der Waals surface area contributed by atoms with Crippen molar-refractivity contribution in [1.82, 2.24) is 10.2 Å². The van der Waals surface area contributed by atoms with Crippen molar-refractivity contribution in [3.05, 3.63) is 35.4 Å². The van der Waals surface area contributed by atoms with Crippen LogP contribution in [0.5, 0.6) is 0 Å². The maximum Gasteiger partial charge on any atom is 0.308 e. The van der Waals surface area contributed by atoms with Gasteiger partial charge < -0.3 is 15.3 Å². The number of nitrogens with one attached hydrogen (secondary N) is 1. The van der Waals surface area contributed by atoms with Crippen LogP contribution in [0.1, 0.15) is 52.8 Å². The Kier molecular flexibility index (Phi) is 5.95. The highest BCUT2D eigenvalue weighted by Crippen LogP contribution is 2.24. The zero-order valence-electron chi connectivity index (χ0n) is 14.1. The van der Waals surface area contributed by atoms with E-state index < -0.39 is 11.9 Å². The summed E-state index contributed by atoms with van der Waals surface area (Å²) in [5.41, 5.74) is 0.938. The first-order valence-corrected chi connectivity index (χ1v) is 8.25. The number of carbonyl (C=O) groups is 3. The molecule has 6 heteroatoms. The molecule has 1 fully saturated rings. The van der Waals surface area contributed by atoms with Crippen LogP contribution in [0, 0.1) is 5.92 Å². The largest absolute Gasteiger partial charge is 0.481 e. The van der Waals surface area contributed by atoms with Gasteiger partial charge in [0.2, 0.25) is 0 Å². The van der Waals surface area contributed by atoms with Crippen LogP contribution < -0.4 is 5.32 Å². The van der Waals surface area contributed by atoms with Gasteiger partial charge in [0, 0.05) is 31.3 Å². The number of benzene rings is 1. The molecule has 0 aliphatic heterocycles. The van der Waals surface area contributed by atoms with E-state index in [-0.39, 0.29) is 17.9 Å². The fourth-order valence-electron chi connectivity index (χ4n) is 3.05. The van der Waals surface area contributed by atoms with Crippen molar-refractivity contribution in [2.24, 2.45) is 5.92 Å². The Hall–Kier alpha value is -2.37. The molecule has 6 nitrogen and oxygen atoms in total. The number of carboxylic acids is 1.